The van der Waals surface area contributed by atoms with E-state index in [9.17, 15) is 14.7 Å². The molecule has 1 aliphatic heterocycles. The lowest BCUT2D eigenvalue weighted by Gasteiger charge is -2.18. The molecule has 0 aromatic heterocycles. The summed E-state index contributed by atoms with van der Waals surface area (Å²) >= 11 is 0. The highest BCUT2D eigenvalue weighted by molar-refractivity contribution is 7.09. The summed E-state index contributed by atoms with van der Waals surface area (Å²) < 4.78 is 9.56. The Morgan fingerprint density at radius 1 is 1.78 bits per heavy atom. The largest absolute Gasteiger partial charge is 0.447 e. The van der Waals surface area contributed by atoms with E-state index in [-0.39, 0.29) is 19.1 Å². The Morgan fingerprint density at radius 3 is 2.94 bits per heavy atom. The Morgan fingerprint density at radius 2 is 2.44 bits per heavy atom. The summed E-state index contributed by atoms with van der Waals surface area (Å²) in [5, 5.41) is 9.74. The number of aliphatic hydroxyl groups is 1. The Hall–Kier alpha value is -0.970. The van der Waals surface area contributed by atoms with Crippen LogP contribution in [0.2, 0.25) is 0 Å². The molecule has 0 spiro atoms. The van der Waals surface area contributed by atoms with Gasteiger partial charge in [0.1, 0.15) is 12.7 Å². The van der Waals surface area contributed by atoms with Gasteiger partial charge in [-0.25, -0.2) is 9.69 Å². The quantitative estimate of drug-likeness (QED) is 0.595. The highest BCUT2D eigenvalue weighted by Crippen LogP contribution is 2.15. The highest BCUT2D eigenvalue weighted by atomic mass is 31.0. The molecule has 0 saturated carbocycles. The predicted molar refractivity (Wildman–Crippen MR) is 67.7 cm³/mol. The van der Waals surface area contributed by atoms with Crippen LogP contribution in [0.25, 0.3) is 0 Å². The van der Waals surface area contributed by atoms with E-state index in [0.717, 1.165) is 10.5 Å². The number of rotatable bonds is 5. The molecule has 0 aromatic carbocycles. The first-order chi connectivity index (χ1) is 8.47. The van der Waals surface area contributed by atoms with Gasteiger partial charge in [0.25, 0.3) is 5.91 Å². The number of nitrogens with zero attached hydrogens (tertiary/aromatic N) is 1. The fourth-order valence-electron chi connectivity index (χ4n) is 1.59. The first kappa shape index (κ1) is 15.1. The van der Waals surface area contributed by atoms with Gasteiger partial charge in [-0.2, -0.15) is 0 Å². The maximum absolute atomic E-state index is 11.8. The van der Waals surface area contributed by atoms with E-state index >= 15 is 0 Å². The van der Waals surface area contributed by atoms with Crippen LogP contribution in [0, 0.1) is 0 Å². The maximum atomic E-state index is 11.8. The maximum Gasteiger partial charge on any atom is 0.417 e. The SMILES string of the molecule is C/C(=C/C[C@H](O)C(=O)N1C(=O)OC[C@@H]1C)COP. The Balaban J connectivity index is 2.56. The number of hydrogen-bond donors (Lipinski definition) is 1. The second-order valence-corrected chi connectivity index (χ2v) is 4.58. The van der Waals surface area contributed by atoms with E-state index in [1.165, 1.54) is 0 Å². The highest BCUT2D eigenvalue weighted by Gasteiger charge is 2.37. The summed E-state index contributed by atoms with van der Waals surface area (Å²) in [7, 11) is 2.12. The van der Waals surface area contributed by atoms with E-state index < -0.39 is 18.1 Å². The number of cyclic esters (lactones) is 1. The predicted octanol–water partition coefficient (Wildman–Crippen LogP) is 0.858. The average Bonchev–Trinajstić information content (AvgIpc) is 2.65. The summed E-state index contributed by atoms with van der Waals surface area (Å²) in [6.07, 6.45) is -0.0773. The Kier molecular flexibility index (Phi) is 5.72. The number of imide groups is 1. The first-order valence-corrected chi connectivity index (χ1v) is 6.09. The summed E-state index contributed by atoms with van der Waals surface area (Å²) in [5.41, 5.74) is 0.897. The van der Waals surface area contributed by atoms with Gasteiger partial charge in [-0.05, 0) is 13.8 Å². The van der Waals surface area contributed by atoms with Crippen LogP contribution in [0.4, 0.5) is 4.79 Å². The molecular weight excluding hydrogens is 257 g/mol. The van der Waals surface area contributed by atoms with Crippen molar-refractivity contribution in [2.75, 3.05) is 13.2 Å². The van der Waals surface area contributed by atoms with Gasteiger partial charge in [-0.1, -0.05) is 11.6 Å². The third-order valence-corrected chi connectivity index (χ3v) is 2.78. The van der Waals surface area contributed by atoms with E-state index in [4.69, 9.17) is 9.26 Å². The summed E-state index contributed by atoms with van der Waals surface area (Å²) in [5.74, 6) is -0.624. The van der Waals surface area contributed by atoms with Gasteiger partial charge in [-0.15, -0.1) is 0 Å². The van der Waals surface area contributed by atoms with E-state index in [1.54, 1.807) is 13.0 Å². The minimum absolute atomic E-state index is 0.148. The third-order valence-electron chi connectivity index (χ3n) is 2.61. The smallest absolute Gasteiger partial charge is 0.417 e. The molecule has 6 nitrogen and oxygen atoms in total. The van der Waals surface area contributed by atoms with Crippen molar-refractivity contribution in [3.05, 3.63) is 11.6 Å². The van der Waals surface area contributed by atoms with Crippen LogP contribution in [0.15, 0.2) is 11.6 Å². The lowest BCUT2D eigenvalue weighted by atomic mass is 10.1. The van der Waals surface area contributed by atoms with Crippen molar-refractivity contribution in [1.82, 2.24) is 4.90 Å². The van der Waals surface area contributed by atoms with Gasteiger partial charge in [0.2, 0.25) is 0 Å². The molecule has 1 heterocycles. The molecule has 1 rings (SSSR count). The zero-order valence-corrected chi connectivity index (χ0v) is 11.6. The molecule has 18 heavy (non-hydrogen) atoms. The van der Waals surface area contributed by atoms with Crippen LogP contribution in [0.5, 0.6) is 0 Å². The van der Waals surface area contributed by atoms with Crippen molar-refractivity contribution < 1.29 is 24.0 Å². The number of hydrogen-bond acceptors (Lipinski definition) is 5. The molecule has 3 atom stereocenters. The summed E-state index contributed by atoms with van der Waals surface area (Å²) in [6, 6.07) is -0.333. The fourth-order valence-corrected chi connectivity index (χ4v) is 1.85. The minimum atomic E-state index is -1.24. The van der Waals surface area contributed by atoms with Gasteiger partial charge in [-0.3, -0.25) is 4.79 Å². The van der Waals surface area contributed by atoms with Crippen molar-refractivity contribution in [3.8, 4) is 0 Å². The van der Waals surface area contributed by atoms with E-state index in [2.05, 4.69) is 9.47 Å². The van der Waals surface area contributed by atoms with Crippen LogP contribution >= 0.6 is 9.47 Å². The molecule has 1 fully saturated rings. The number of amides is 2. The van der Waals surface area contributed by atoms with Crippen molar-refractivity contribution in [3.63, 3.8) is 0 Å². The van der Waals surface area contributed by atoms with Crippen LogP contribution in [0.3, 0.4) is 0 Å². The zero-order valence-electron chi connectivity index (χ0n) is 10.5. The topological polar surface area (TPSA) is 76.1 Å². The molecule has 7 heteroatoms. The first-order valence-electron chi connectivity index (χ1n) is 5.62. The molecule has 102 valence electrons. The fraction of sp³-hybridized carbons (Fsp3) is 0.636. The second kappa shape index (κ2) is 6.83. The lowest BCUT2D eigenvalue weighted by Crippen LogP contribution is -2.43. The molecule has 1 saturated heterocycles. The third kappa shape index (κ3) is 3.77. The summed E-state index contributed by atoms with van der Waals surface area (Å²) in [6.45, 7) is 4.10. The van der Waals surface area contributed by atoms with Crippen LogP contribution < -0.4 is 0 Å². The molecular formula is C11H18NO5P. The second-order valence-electron chi connectivity index (χ2n) is 4.25. The molecule has 0 bridgehead atoms. The van der Waals surface area contributed by atoms with Crippen LogP contribution in [-0.2, 0) is 14.1 Å². The zero-order chi connectivity index (χ0) is 13.7. The van der Waals surface area contributed by atoms with Gasteiger partial charge in [0.05, 0.1) is 12.6 Å². The average molecular weight is 275 g/mol. The molecule has 0 aliphatic carbocycles. The van der Waals surface area contributed by atoms with Crippen molar-refractivity contribution in [2.45, 2.75) is 32.4 Å². The van der Waals surface area contributed by atoms with Gasteiger partial charge in [0, 0.05) is 15.9 Å². The standard InChI is InChI=1S/C11H18NO5P/c1-7(5-17-18)3-4-9(13)10(14)12-8(2)6-16-11(12)15/h3,8-9,13H,4-6,18H2,1-2H3/b7-3-/t8-,9-/m0/s1. The van der Waals surface area contributed by atoms with Crippen LogP contribution in [0.1, 0.15) is 20.3 Å². The summed E-state index contributed by atoms with van der Waals surface area (Å²) in [4.78, 5) is 24.1. The molecule has 1 unspecified atom stereocenters. The number of carbonyl (C=O) groups is 2. The van der Waals surface area contributed by atoms with E-state index in [0.29, 0.717) is 6.61 Å². The van der Waals surface area contributed by atoms with Crippen molar-refractivity contribution in [2.24, 2.45) is 0 Å². The normalized spacial score (nSPS) is 22.0. The van der Waals surface area contributed by atoms with Gasteiger partial charge >= 0.3 is 6.09 Å². The minimum Gasteiger partial charge on any atom is -0.447 e. The monoisotopic (exact) mass is 275 g/mol. The molecule has 0 aromatic rings. The van der Waals surface area contributed by atoms with E-state index in [1.807, 2.05) is 6.92 Å². The Labute approximate surface area is 108 Å². The molecule has 1 aliphatic rings. The molecule has 2 amide bonds. The molecule has 1 N–H and O–H groups in total. The van der Waals surface area contributed by atoms with Crippen LogP contribution in [-0.4, -0.2) is 47.4 Å². The molecule has 0 radical (unpaired) electrons. The van der Waals surface area contributed by atoms with Gasteiger partial charge in [0.15, 0.2) is 0 Å². The van der Waals surface area contributed by atoms with Crippen molar-refractivity contribution in [1.29, 1.82) is 0 Å². The number of ether oxygens (including phenoxy) is 1. The number of aliphatic hydroxyl groups excluding tert-OH is 1. The Bertz CT molecular complexity index is 357. The van der Waals surface area contributed by atoms with Gasteiger partial charge < -0.3 is 14.4 Å². The number of carbonyl (C=O) groups excluding carboxylic acids is 2. The lowest BCUT2D eigenvalue weighted by molar-refractivity contribution is -0.137. The van der Waals surface area contributed by atoms with Crippen molar-refractivity contribution >= 4 is 21.5 Å².